The fraction of sp³-hybridized carbons (Fsp3) is 0.520. The first-order valence-corrected chi connectivity index (χ1v) is 15.0. The Morgan fingerprint density at radius 3 is 2.79 bits per heavy atom. The molecule has 0 saturated carbocycles. The first-order valence-electron chi connectivity index (χ1n) is 13.4. The number of hydrogen-bond donors (Lipinski definition) is 3. The number of benzene rings is 1. The van der Waals surface area contributed by atoms with Crippen LogP contribution in [-0.2, 0) is 23.4 Å². The van der Waals surface area contributed by atoms with Crippen molar-refractivity contribution >= 4 is 30.8 Å². The van der Waals surface area contributed by atoms with E-state index in [1.54, 1.807) is 30.3 Å². The van der Waals surface area contributed by atoms with Gasteiger partial charge in [0.25, 0.3) is 0 Å². The summed E-state index contributed by atoms with van der Waals surface area (Å²) in [6.45, 7) is 4.59. The van der Waals surface area contributed by atoms with Gasteiger partial charge in [-0.3, -0.25) is 13.9 Å². The molecule has 0 radical (unpaired) electrons. The zero-order valence-electron chi connectivity index (χ0n) is 24.1. The van der Waals surface area contributed by atoms with E-state index in [1.165, 1.54) is 31.9 Å². The summed E-state index contributed by atoms with van der Waals surface area (Å²) in [5.74, 6) is -0.448. The van der Waals surface area contributed by atoms with E-state index in [2.05, 4.69) is 30.1 Å². The molecule has 1 aliphatic rings. The van der Waals surface area contributed by atoms with Crippen LogP contribution in [0.5, 0.6) is 11.6 Å². The van der Waals surface area contributed by atoms with E-state index in [-0.39, 0.29) is 35.3 Å². The van der Waals surface area contributed by atoms with Crippen LogP contribution < -0.4 is 20.1 Å². The molecular weight excluding hydrogens is 585 g/mol. The number of hydrogen-bond acceptors (Lipinski definition) is 13. The molecule has 1 saturated heterocycles. The smallest absolute Gasteiger partial charge is 0.459 e. The molecule has 0 aliphatic carbocycles. The van der Waals surface area contributed by atoms with Crippen LogP contribution >= 0.6 is 7.75 Å². The summed E-state index contributed by atoms with van der Waals surface area (Å²) in [7, 11) is -2.89. The van der Waals surface area contributed by atoms with Crippen LogP contribution in [0.25, 0.3) is 21.6 Å². The number of ether oxygens (including phenoxy) is 3. The Kier molecular flexibility index (Phi) is 10.1. The number of nitrogen functional groups attached to an aromatic ring is 1. The van der Waals surface area contributed by atoms with Gasteiger partial charge in [-0.05, 0) is 37.9 Å². The van der Waals surface area contributed by atoms with Gasteiger partial charge >= 0.3 is 13.7 Å². The third-order valence-electron chi connectivity index (χ3n) is 6.69. The first kappa shape index (κ1) is 31.9. The highest BCUT2D eigenvalue weighted by molar-refractivity contribution is 7.52. The van der Waals surface area contributed by atoms with Crippen LogP contribution in [0.15, 0.2) is 41.8 Å². The molecule has 1 aromatic carbocycles. The standard InChI is InChI=1S/C25H34N9O8P/c1-5-6-12-39-22(36)15(2)31-43(37,42-16-10-8-7-9-11-16)40-13-17-19(35)25(3,32-33-27)23(41-17)34-14-28-18-20(34)29-24(26)30-21(18)38-4/h7-11,14-15,17,19,23,35H,5-6,12-13H2,1-4H3,(H,31,37)(H2,26,29,30)/t15-,17+,19?,23+,25+,43?/m0/s1. The summed E-state index contributed by atoms with van der Waals surface area (Å²) in [6.07, 6.45) is -0.966. The lowest BCUT2D eigenvalue weighted by atomic mass is 9.93. The molecule has 0 bridgehead atoms. The Balaban J connectivity index is 1.60. The van der Waals surface area contributed by atoms with Crippen molar-refractivity contribution < 1.29 is 37.7 Å². The maximum absolute atomic E-state index is 13.9. The second-order valence-electron chi connectivity index (χ2n) is 9.87. The van der Waals surface area contributed by atoms with E-state index in [1.807, 2.05) is 6.92 Å². The van der Waals surface area contributed by atoms with Crippen LogP contribution in [0.3, 0.4) is 0 Å². The molecule has 0 spiro atoms. The van der Waals surface area contributed by atoms with Crippen LogP contribution in [0.1, 0.15) is 39.8 Å². The van der Waals surface area contributed by atoms with Gasteiger partial charge in [-0.2, -0.15) is 15.1 Å². The van der Waals surface area contributed by atoms with Crippen molar-refractivity contribution in [2.45, 2.75) is 63.6 Å². The van der Waals surface area contributed by atoms with Crippen LogP contribution in [0, 0.1) is 0 Å². The minimum atomic E-state index is -4.28. The lowest BCUT2D eigenvalue weighted by Gasteiger charge is -2.28. The lowest BCUT2D eigenvalue weighted by Crippen LogP contribution is -2.43. The number of aliphatic hydroxyl groups is 1. The van der Waals surface area contributed by atoms with E-state index in [0.29, 0.717) is 6.42 Å². The Bertz CT molecular complexity index is 1520. The molecule has 6 atom stereocenters. The minimum absolute atomic E-state index is 0.109. The summed E-state index contributed by atoms with van der Waals surface area (Å²) in [5, 5.41) is 17.7. The molecule has 1 aliphatic heterocycles. The molecule has 43 heavy (non-hydrogen) atoms. The highest BCUT2D eigenvalue weighted by Gasteiger charge is 2.55. The number of para-hydroxylation sites is 1. The number of unbranched alkanes of at least 4 members (excludes halogenated alkanes) is 1. The summed E-state index contributed by atoms with van der Waals surface area (Å²) in [5.41, 5.74) is 14.0. The SMILES string of the molecule is CCCCOC(=O)[C@H](C)NP(=O)(OC[C@H]1O[C@@H](n2cnc3c(OC)nc(N)nc32)[C@](C)(N=[N+]=[N-])C1O)Oc1ccccc1. The number of aromatic nitrogens is 4. The Morgan fingerprint density at radius 1 is 1.37 bits per heavy atom. The zero-order valence-corrected chi connectivity index (χ0v) is 25.0. The molecule has 3 heterocycles. The molecule has 2 aromatic heterocycles. The second-order valence-corrected chi connectivity index (χ2v) is 11.6. The van der Waals surface area contributed by atoms with Crippen molar-refractivity contribution in [1.29, 1.82) is 0 Å². The number of aliphatic hydroxyl groups excluding tert-OH is 1. The molecule has 17 nitrogen and oxygen atoms in total. The molecule has 1 fully saturated rings. The number of fused-ring (bicyclic) bond motifs is 1. The maximum atomic E-state index is 13.9. The van der Waals surface area contributed by atoms with Crippen molar-refractivity contribution in [2.75, 3.05) is 26.1 Å². The van der Waals surface area contributed by atoms with Gasteiger partial charge in [-0.1, -0.05) is 36.7 Å². The number of rotatable bonds is 14. The number of carbonyl (C=O) groups is 1. The van der Waals surface area contributed by atoms with Gasteiger partial charge in [0.2, 0.25) is 11.8 Å². The number of methoxy groups -OCH3 is 1. The van der Waals surface area contributed by atoms with Crippen LogP contribution in [0.2, 0.25) is 0 Å². The van der Waals surface area contributed by atoms with E-state index >= 15 is 0 Å². The van der Waals surface area contributed by atoms with E-state index in [4.69, 9.17) is 29.0 Å². The largest absolute Gasteiger partial charge is 0.479 e. The summed E-state index contributed by atoms with van der Waals surface area (Å²) in [6, 6.07) is 7.13. The number of nitrogens with one attached hydrogen (secondary N) is 1. The Labute approximate surface area is 246 Å². The Hall–Kier alpha value is -3.98. The monoisotopic (exact) mass is 619 g/mol. The number of azide groups is 1. The highest BCUT2D eigenvalue weighted by Crippen LogP contribution is 2.48. The summed E-state index contributed by atoms with van der Waals surface area (Å²) < 4.78 is 43.3. The summed E-state index contributed by atoms with van der Waals surface area (Å²) in [4.78, 5) is 27.9. The van der Waals surface area contributed by atoms with Gasteiger partial charge in [0.15, 0.2) is 17.4 Å². The summed E-state index contributed by atoms with van der Waals surface area (Å²) >= 11 is 0. The van der Waals surface area contributed by atoms with Gasteiger partial charge in [0, 0.05) is 4.91 Å². The van der Waals surface area contributed by atoms with Crippen molar-refractivity contribution in [2.24, 2.45) is 5.11 Å². The van der Waals surface area contributed by atoms with Crippen molar-refractivity contribution in [3.8, 4) is 11.6 Å². The molecule has 3 aromatic rings. The van der Waals surface area contributed by atoms with Gasteiger partial charge in [-0.25, -0.2) is 9.55 Å². The molecule has 232 valence electrons. The first-order chi connectivity index (χ1) is 20.5. The minimum Gasteiger partial charge on any atom is -0.479 e. The van der Waals surface area contributed by atoms with E-state index in [9.17, 15) is 20.0 Å². The van der Waals surface area contributed by atoms with E-state index in [0.717, 1.165) is 6.42 Å². The average molecular weight is 620 g/mol. The molecular formula is C25H34N9O8P. The van der Waals surface area contributed by atoms with Crippen molar-refractivity contribution in [1.82, 2.24) is 24.6 Å². The second kappa shape index (κ2) is 13.5. The van der Waals surface area contributed by atoms with Gasteiger partial charge in [-0.15, -0.1) is 0 Å². The lowest BCUT2D eigenvalue weighted by molar-refractivity contribution is -0.145. The number of nitrogens with zero attached hydrogens (tertiary/aromatic N) is 7. The number of anilines is 1. The molecule has 18 heteroatoms. The molecule has 0 amide bonds. The van der Waals surface area contributed by atoms with Gasteiger partial charge in [0.1, 0.15) is 23.4 Å². The fourth-order valence-electron chi connectivity index (χ4n) is 4.42. The zero-order chi connectivity index (χ0) is 31.2. The molecule has 4 N–H and O–H groups in total. The van der Waals surface area contributed by atoms with E-state index < -0.39 is 50.3 Å². The molecule has 4 rings (SSSR count). The van der Waals surface area contributed by atoms with Gasteiger partial charge < -0.3 is 29.6 Å². The number of nitrogens with two attached hydrogens (primary N) is 1. The van der Waals surface area contributed by atoms with Crippen LogP contribution in [0.4, 0.5) is 5.95 Å². The number of esters is 1. The topological polar surface area (TPSA) is 231 Å². The number of imidazole rings is 1. The van der Waals surface area contributed by atoms with Crippen LogP contribution in [-0.4, -0.2) is 74.7 Å². The number of carbonyl (C=O) groups excluding carboxylic acids is 1. The van der Waals surface area contributed by atoms with Crippen molar-refractivity contribution in [3.63, 3.8) is 0 Å². The quantitative estimate of drug-likeness (QED) is 0.0588. The van der Waals surface area contributed by atoms with Crippen molar-refractivity contribution in [3.05, 3.63) is 47.1 Å². The Morgan fingerprint density at radius 2 is 2.12 bits per heavy atom. The molecule has 2 unspecified atom stereocenters. The third-order valence-corrected chi connectivity index (χ3v) is 8.34. The average Bonchev–Trinajstić information content (AvgIpc) is 3.50. The predicted molar refractivity (Wildman–Crippen MR) is 153 cm³/mol. The third kappa shape index (κ3) is 6.99. The van der Waals surface area contributed by atoms with Gasteiger partial charge in [0.05, 0.1) is 32.8 Å². The predicted octanol–water partition coefficient (Wildman–Crippen LogP) is 3.27. The highest BCUT2D eigenvalue weighted by atomic mass is 31.2. The normalized spacial score (nSPS) is 23.7. The maximum Gasteiger partial charge on any atom is 0.459 e. The fourth-order valence-corrected chi connectivity index (χ4v) is 5.92.